The summed E-state index contributed by atoms with van der Waals surface area (Å²) in [6.45, 7) is 2.48. The van der Waals surface area contributed by atoms with Crippen molar-refractivity contribution in [1.82, 2.24) is 0 Å². The van der Waals surface area contributed by atoms with Crippen molar-refractivity contribution in [3.8, 4) is 0 Å². The topological polar surface area (TPSA) is 29.5 Å². The van der Waals surface area contributed by atoms with Crippen LogP contribution in [0.15, 0.2) is 18.2 Å². The van der Waals surface area contributed by atoms with Gasteiger partial charge in [0, 0.05) is 20.1 Å². The highest BCUT2D eigenvalue weighted by Crippen LogP contribution is 2.16. The first-order valence-electron chi connectivity index (χ1n) is 5.64. The summed E-state index contributed by atoms with van der Waals surface area (Å²) < 4.78 is 31.2. The molecule has 0 bridgehead atoms. The predicted octanol–water partition coefficient (Wildman–Crippen LogP) is 2.54. The molecule has 0 saturated heterocycles. The number of aliphatic hydroxyl groups is 1. The van der Waals surface area contributed by atoms with Crippen molar-refractivity contribution in [3.63, 3.8) is 0 Å². The maximum atomic E-state index is 13.3. The van der Waals surface area contributed by atoms with Gasteiger partial charge in [0.15, 0.2) is 11.6 Å². The molecule has 0 fully saturated rings. The van der Waals surface area contributed by atoms with E-state index in [1.54, 1.807) is 7.11 Å². The first-order valence-corrected chi connectivity index (χ1v) is 5.64. The zero-order valence-electron chi connectivity index (χ0n) is 10.1. The van der Waals surface area contributed by atoms with Gasteiger partial charge in [0.25, 0.3) is 0 Å². The van der Waals surface area contributed by atoms with Gasteiger partial charge in [-0.05, 0) is 24.0 Å². The van der Waals surface area contributed by atoms with Crippen LogP contribution in [0.3, 0.4) is 0 Å². The molecule has 1 aromatic rings. The van der Waals surface area contributed by atoms with E-state index in [-0.39, 0.29) is 17.9 Å². The highest BCUT2D eigenvalue weighted by Gasteiger charge is 2.15. The Bertz CT molecular complexity index is 355. The lowest BCUT2D eigenvalue weighted by Gasteiger charge is -2.16. The van der Waals surface area contributed by atoms with Crippen molar-refractivity contribution in [2.75, 3.05) is 13.7 Å². The number of halogens is 2. The van der Waals surface area contributed by atoms with E-state index in [4.69, 9.17) is 4.74 Å². The average molecular weight is 244 g/mol. The van der Waals surface area contributed by atoms with Crippen LogP contribution in [0, 0.1) is 17.6 Å². The normalized spacial score (nSPS) is 14.6. The van der Waals surface area contributed by atoms with Gasteiger partial charge in [-0.2, -0.15) is 0 Å². The fourth-order valence-electron chi connectivity index (χ4n) is 1.86. The van der Waals surface area contributed by atoms with Gasteiger partial charge in [-0.25, -0.2) is 8.78 Å². The van der Waals surface area contributed by atoms with Crippen LogP contribution in [0.1, 0.15) is 18.9 Å². The molecule has 2 atom stereocenters. The second-order valence-electron chi connectivity index (χ2n) is 4.37. The van der Waals surface area contributed by atoms with Crippen LogP contribution in [0.25, 0.3) is 0 Å². The Morgan fingerprint density at radius 1 is 1.35 bits per heavy atom. The van der Waals surface area contributed by atoms with Crippen molar-refractivity contribution < 1.29 is 18.6 Å². The maximum absolute atomic E-state index is 13.3. The molecule has 0 saturated carbocycles. The molecule has 17 heavy (non-hydrogen) atoms. The summed E-state index contributed by atoms with van der Waals surface area (Å²) in [6.07, 6.45) is -0.0574. The highest BCUT2D eigenvalue weighted by molar-refractivity contribution is 5.19. The summed E-state index contributed by atoms with van der Waals surface area (Å²) >= 11 is 0. The molecule has 1 aromatic carbocycles. The summed E-state index contributed by atoms with van der Waals surface area (Å²) in [5.74, 6) is -1.56. The summed E-state index contributed by atoms with van der Waals surface area (Å²) in [5, 5.41) is 9.77. The zero-order valence-corrected chi connectivity index (χ0v) is 10.1. The molecule has 1 N–H and O–H groups in total. The van der Waals surface area contributed by atoms with Crippen molar-refractivity contribution in [3.05, 3.63) is 35.4 Å². The fourth-order valence-corrected chi connectivity index (χ4v) is 1.86. The second-order valence-corrected chi connectivity index (χ2v) is 4.37. The van der Waals surface area contributed by atoms with Gasteiger partial charge in [-0.1, -0.05) is 19.1 Å². The second kappa shape index (κ2) is 6.67. The van der Waals surface area contributed by atoms with Crippen LogP contribution < -0.4 is 0 Å². The minimum atomic E-state index is -0.875. The first-order chi connectivity index (χ1) is 8.04. The van der Waals surface area contributed by atoms with Crippen LogP contribution in [0.5, 0.6) is 0 Å². The van der Waals surface area contributed by atoms with Crippen molar-refractivity contribution in [1.29, 1.82) is 0 Å². The number of methoxy groups -OCH3 is 1. The molecule has 2 unspecified atom stereocenters. The molecule has 0 aromatic heterocycles. The van der Waals surface area contributed by atoms with Gasteiger partial charge < -0.3 is 9.84 Å². The number of hydrogen-bond acceptors (Lipinski definition) is 2. The van der Waals surface area contributed by atoms with Crippen molar-refractivity contribution >= 4 is 0 Å². The molecule has 0 aliphatic carbocycles. The molecule has 0 heterocycles. The van der Waals surface area contributed by atoms with Gasteiger partial charge in [0.2, 0.25) is 0 Å². The molecule has 4 heteroatoms. The molecular weight excluding hydrogens is 226 g/mol. The van der Waals surface area contributed by atoms with Gasteiger partial charge in [-0.15, -0.1) is 0 Å². The molecule has 0 spiro atoms. The number of benzene rings is 1. The quantitative estimate of drug-likeness (QED) is 0.833. The Morgan fingerprint density at radius 3 is 2.71 bits per heavy atom. The standard InChI is InChI=1S/C13H18F2O2/c1-9(8-17-2)6-11(16)7-10-4-3-5-12(14)13(10)15/h3-5,9,11,16H,6-8H2,1-2H3. The van der Waals surface area contributed by atoms with Crippen LogP contribution in [-0.2, 0) is 11.2 Å². The van der Waals surface area contributed by atoms with Crippen LogP contribution in [0.4, 0.5) is 8.78 Å². The monoisotopic (exact) mass is 244 g/mol. The molecule has 96 valence electrons. The Kier molecular flexibility index (Phi) is 5.51. The number of hydrogen-bond donors (Lipinski definition) is 1. The van der Waals surface area contributed by atoms with Crippen molar-refractivity contribution in [2.45, 2.75) is 25.9 Å². The molecule has 0 aliphatic heterocycles. The van der Waals surface area contributed by atoms with E-state index >= 15 is 0 Å². The maximum Gasteiger partial charge on any atom is 0.162 e. The highest BCUT2D eigenvalue weighted by atomic mass is 19.2. The van der Waals surface area contributed by atoms with E-state index in [1.165, 1.54) is 12.1 Å². The molecule has 2 nitrogen and oxygen atoms in total. The third-order valence-electron chi connectivity index (χ3n) is 2.61. The molecule has 0 amide bonds. The lowest BCUT2D eigenvalue weighted by Crippen LogP contribution is -2.18. The van der Waals surface area contributed by atoms with Gasteiger partial charge >= 0.3 is 0 Å². The first kappa shape index (κ1) is 14.1. The third-order valence-corrected chi connectivity index (χ3v) is 2.61. The largest absolute Gasteiger partial charge is 0.393 e. The van der Waals surface area contributed by atoms with E-state index in [0.29, 0.717) is 13.0 Å². The molecule has 1 rings (SSSR count). The Balaban J connectivity index is 2.56. The summed E-state index contributed by atoms with van der Waals surface area (Å²) in [6, 6.07) is 4.00. The van der Waals surface area contributed by atoms with Crippen LogP contribution >= 0.6 is 0 Å². The average Bonchev–Trinajstić information content (AvgIpc) is 2.25. The lowest BCUT2D eigenvalue weighted by molar-refractivity contribution is 0.101. The summed E-state index contributed by atoms with van der Waals surface area (Å²) in [7, 11) is 1.59. The van der Waals surface area contributed by atoms with Gasteiger partial charge in [0.1, 0.15) is 0 Å². The van der Waals surface area contributed by atoms with E-state index in [2.05, 4.69) is 0 Å². The fraction of sp³-hybridized carbons (Fsp3) is 0.538. The van der Waals surface area contributed by atoms with Crippen LogP contribution in [-0.4, -0.2) is 24.9 Å². The molecule has 0 radical (unpaired) electrons. The number of ether oxygens (including phenoxy) is 1. The van der Waals surface area contributed by atoms with E-state index in [1.807, 2.05) is 6.92 Å². The van der Waals surface area contributed by atoms with Crippen molar-refractivity contribution in [2.24, 2.45) is 5.92 Å². The SMILES string of the molecule is COCC(C)CC(O)Cc1cccc(F)c1F. The van der Waals surface area contributed by atoms with Gasteiger partial charge in [-0.3, -0.25) is 0 Å². The van der Waals surface area contributed by atoms with Gasteiger partial charge in [0.05, 0.1) is 6.10 Å². The number of aliphatic hydroxyl groups excluding tert-OH is 1. The lowest BCUT2D eigenvalue weighted by atomic mass is 9.98. The smallest absolute Gasteiger partial charge is 0.162 e. The van der Waals surface area contributed by atoms with E-state index < -0.39 is 17.7 Å². The van der Waals surface area contributed by atoms with E-state index in [0.717, 1.165) is 6.07 Å². The minimum Gasteiger partial charge on any atom is -0.393 e. The van der Waals surface area contributed by atoms with E-state index in [9.17, 15) is 13.9 Å². The summed E-state index contributed by atoms with van der Waals surface area (Å²) in [4.78, 5) is 0. The molecule has 0 aliphatic rings. The Hall–Kier alpha value is -1.00. The zero-order chi connectivity index (χ0) is 12.8. The number of rotatable bonds is 6. The van der Waals surface area contributed by atoms with Crippen LogP contribution in [0.2, 0.25) is 0 Å². The molecular formula is C13H18F2O2. The Labute approximate surface area is 100 Å². The summed E-state index contributed by atoms with van der Waals surface area (Å²) in [5.41, 5.74) is 0.210. The minimum absolute atomic E-state index is 0.123. The Morgan fingerprint density at radius 2 is 2.06 bits per heavy atom. The predicted molar refractivity (Wildman–Crippen MR) is 61.7 cm³/mol. The third kappa shape index (κ3) is 4.40.